The Morgan fingerprint density at radius 3 is 2.00 bits per heavy atom. The molecule has 1 N–H and O–H groups in total. The van der Waals surface area contributed by atoms with Crippen LogP contribution >= 0.6 is 0 Å². The van der Waals surface area contributed by atoms with Crippen molar-refractivity contribution < 1.29 is 46.1 Å². The van der Waals surface area contributed by atoms with Crippen molar-refractivity contribution in [2.75, 3.05) is 30.9 Å². The highest BCUT2D eigenvalue weighted by Gasteiger charge is 2.42. The first-order chi connectivity index (χ1) is 25.5. The van der Waals surface area contributed by atoms with Gasteiger partial charge in [0, 0.05) is 26.1 Å². The SMILES string of the molecule is CC(=O)OC1(CCCc2ccc(C3CC(=O)N3c3ccc(CCCNS(C)(=O)=O)cc3)cc2)COC(C)(C)OC1.CCC(OC(C)=O)c1ccc(F)cc1. The Balaban J connectivity index is 0.000000390. The summed E-state index contributed by atoms with van der Waals surface area (Å²) in [7, 11) is -3.17. The number of β-lactam (4-membered cyclic amide) rings is 1. The van der Waals surface area contributed by atoms with E-state index in [1.165, 1.54) is 31.5 Å². The Labute approximate surface area is 318 Å². The predicted molar refractivity (Wildman–Crippen MR) is 204 cm³/mol. The monoisotopic (exact) mass is 768 g/mol. The number of esters is 2. The molecule has 3 aromatic rings. The van der Waals surface area contributed by atoms with Gasteiger partial charge in [-0.25, -0.2) is 17.5 Å². The van der Waals surface area contributed by atoms with Crippen molar-refractivity contribution in [2.24, 2.45) is 0 Å². The van der Waals surface area contributed by atoms with Crippen LogP contribution < -0.4 is 9.62 Å². The lowest BCUT2D eigenvalue weighted by Gasteiger charge is -2.42. The molecule has 0 aromatic heterocycles. The number of halogens is 1. The average molecular weight is 769 g/mol. The highest BCUT2D eigenvalue weighted by atomic mass is 32.2. The van der Waals surface area contributed by atoms with Gasteiger partial charge in [-0.2, -0.15) is 0 Å². The number of aryl methyl sites for hydroxylation is 2. The number of carbonyl (C=O) groups excluding carboxylic acids is 3. The quantitative estimate of drug-likeness (QED) is 0.0996. The van der Waals surface area contributed by atoms with E-state index in [-0.39, 0.29) is 35.8 Å². The molecule has 13 heteroatoms. The fraction of sp³-hybridized carbons (Fsp3) is 0.488. The number of rotatable bonds is 15. The molecular weight excluding hydrogens is 716 g/mol. The maximum Gasteiger partial charge on any atom is 0.303 e. The van der Waals surface area contributed by atoms with Gasteiger partial charge in [-0.05, 0) is 98.9 Å². The van der Waals surface area contributed by atoms with Crippen molar-refractivity contribution in [1.82, 2.24) is 4.72 Å². The van der Waals surface area contributed by atoms with Gasteiger partial charge in [0.25, 0.3) is 0 Å². The molecule has 0 aliphatic carbocycles. The Kier molecular flexibility index (Phi) is 14.9. The number of carbonyl (C=O) groups is 3. The second-order valence-corrected chi connectivity index (χ2v) is 16.2. The van der Waals surface area contributed by atoms with E-state index in [9.17, 15) is 27.2 Å². The van der Waals surface area contributed by atoms with Gasteiger partial charge in [0.1, 0.15) is 11.9 Å². The average Bonchev–Trinajstić information content (AvgIpc) is 3.10. The highest BCUT2D eigenvalue weighted by molar-refractivity contribution is 7.88. The molecule has 2 unspecified atom stereocenters. The van der Waals surface area contributed by atoms with Crippen LogP contribution in [0.1, 0.15) is 101 Å². The minimum atomic E-state index is -3.17. The molecule has 2 atom stereocenters. The summed E-state index contributed by atoms with van der Waals surface area (Å²) in [6, 6.07) is 22.2. The first-order valence-corrected chi connectivity index (χ1v) is 20.2. The van der Waals surface area contributed by atoms with Crippen molar-refractivity contribution in [3.8, 4) is 0 Å². The molecule has 54 heavy (non-hydrogen) atoms. The minimum Gasteiger partial charge on any atom is -0.458 e. The van der Waals surface area contributed by atoms with Gasteiger partial charge in [-0.3, -0.25) is 14.4 Å². The number of benzene rings is 3. The third-order valence-electron chi connectivity index (χ3n) is 9.28. The van der Waals surface area contributed by atoms with E-state index in [1.54, 1.807) is 12.1 Å². The fourth-order valence-electron chi connectivity index (χ4n) is 6.42. The third kappa shape index (κ3) is 13.0. The number of nitrogens with one attached hydrogen (secondary N) is 1. The van der Waals surface area contributed by atoms with Gasteiger partial charge in [-0.1, -0.05) is 55.5 Å². The molecule has 2 saturated heterocycles. The second-order valence-electron chi connectivity index (χ2n) is 14.3. The minimum absolute atomic E-state index is 0.00140. The van der Waals surface area contributed by atoms with Crippen LogP contribution in [0.5, 0.6) is 0 Å². The van der Waals surface area contributed by atoms with Crippen LogP contribution in [0.3, 0.4) is 0 Å². The van der Waals surface area contributed by atoms with E-state index in [0.29, 0.717) is 45.4 Å². The van der Waals surface area contributed by atoms with Crippen LogP contribution in [0.4, 0.5) is 10.1 Å². The molecule has 0 radical (unpaired) electrons. The Hall–Kier alpha value is -4.17. The van der Waals surface area contributed by atoms with Crippen LogP contribution in [0.2, 0.25) is 0 Å². The summed E-state index contributed by atoms with van der Waals surface area (Å²) in [4.78, 5) is 36.8. The number of ether oxygens (including phenoxy) is 4. The summed E-state index contributed by atoms with van der Waals surface area (Å²) in [6.45, 7) is 9.41. The van der Waals surface area contributed by atoms with E-state index in [1.807, 2.05) is 49.9 Å². The van der Waals surface area contributed by atoms with Gasteiger partial charge in [0.05, 0.1) is 31.9 Å². The van der Waals surface area contributed by atoms with E-state index >= 15 is 0 Å². The summed E-state index contributed by atoms with van der Waals surface area (Å²) in [5.41, 5.74) is 4.27. The van der Waals surface area contributed by atoms with E-state index in [0.717, 1.165) is 47.9 Å². The topological polar surface area (TPSA) is 138 Å². The number of anilines is 1. The van der Waals surface area contributed by atoms with Crippen LogP contribution in [-0.4, -0.2) is 63.7 Å². The van der Waals surface area contributed by atoms with Crippen LogP contribution in [0.25, 0.3) is 0 Å². The summed E-state index contributed by atoms with van der Waals surface area (Å²) in [5, 5.41) is 0. The Morgan fingerprint density at radius 1 is 0.907 bits per heavy atom. The summed E-state index contributed by atoms with van der Waals surface area (Å²) >= 11 is 0. The summed E-state index contributed by atoms with van der Waals surface area (Å²) in [6.07, 6.45) is 5.77. The van der Waals surface area contributed by atoms with Gasteiger partial charge >= 0.3 is 11.9 Å². The zero-order chi connectivity index (χ0) is 39.5. The largest absolute Gasteiger partial charge is 0.458 e. The van der Waals surface area contributed by atoms with Crippen molar-refractivity contribution in [1.29, 1.82) is 0 Å². The number of hydrogen-bond acceptors (Lipinski definition) is 9. The molecule has 0 spiro atoms. The third-order valence-corrected chi connectivity index (χ3v) is 10.0. The lowest BCUT2D eigenvalue weighted by molar-refractivity contribution is -0.305. The normalized spacial score (nSPS) is 18.1. The molecule has 294 valence electrons. The first-order valence-electron chi connectivity index (χ1n) is 18.3. The van der Waals surface area contributed by atoms with E-state index in [2.05, 4.69) is 29.0 Å². The first kappa shape index (κ1) is 42.6. The van der Waals surface area contributed by atoms with Gasteiger partial charge in [-0.15, -0.1) is 0 Å². The second kappa shape index (κ2) is 18.9. The Morgan fingerprint density at radius 2 is 1.48 bits per heavy atom. The smallest absolute Gasteiger partial charge is 0.303 e. The van der Waals surface area contributed by atoms with E-state index in [4.69, 9.17) is 18.9 Å². The van der Waals surface area contributed by atoms with E-state index < -0.39 is 21.4 Å². The maximum absolute atomic E-state index is 12.6. The lowest BCUT2D eigenvalue weighted by Crippen LogP contribution is -2.53. The zero-order valence-electron chi connectivity index (χ0n) is 32.1. The lowest BCUT2D eigenvalue weighted by atomic mass is 9.91. The molecule has 2 fully saturated rings. The van der Waals surface area contributed by atoms with Gasteiger partial charge < -0.3 is 23.8 Å². The van der Waals surface area contributed by atoms with Crippen LogP contribution in [0.15, 0.2) is 72.8 Å². The summed E-state index contributed by atoms with van der Waals surface area (Å²) in [5.74, 6) is -1.53. The molecule has 2 heterocycles. The molecule has 5 rings (SSSR count). The van der Waals surface area contributed by atoms with Crippen LogP contribution in [0, 0.1) is 5.82 Å². The molecule has 3 aromatic carbocycles. The molecule has 2 aliphatic rings. The highest BCUT2D eigenvalue weighted by Crippen LogP contribution is 2.39. The van der Waals surface area contributed by atoms with Crippen molar-refractivity contribution in [3.63, 3.8) is 0 Å². The number of sulfonamides is 1. The zero-order valence-corrected chi connectivity index (χ0v) is 32.9. The maximum atomic E-state index is 12.6. The van der Waals surface area contributed by atoms with Crippen molar-refractivity contribution in [3.05, 3.63) is 101 Å². The molecule has 0 saturated carbocycles. The number of nitrogens with zero attached hydrogens (tertiary/aromatic N) is 1. The molecule has 2 aliphatic heterocycles. The summed E-state index contributed by atoms with van der Waals surface area (Å²) < 4.78 is 59.8. The molecule has 0 bridgehead atoms. The molecule has 1 amide bonds. The molecule has 11 nitrogen and oxygen atoms in total. The predicted octanol–water partition coefficient (Wildman–Crippen LogP) is 6.89. The fourth-order valence-corrected chi connectivity index (χ4v) is 6.93. The standard InChI is InChI=1S/C30H40N2O7S.C11H13FO2/c1-22(33)39-30(20-37-29(2,3)38-21-30)17-5-7-23-9-13-25(14-10-23)27-19-28(34)32(27)26-15-11-24(12-16-26)8-6-18-31-40(4,35)36;1-3-11(14-8(2)13)9-4-6-10(12)7-5-9/h9-16,27,31H,5-8,17-21H2,1-4H3;4-7,11H,3H2,1-2H3. The van der Waals surface area contributed by atoms with Crippen molar-refractivity contribution in [2.45, 2.75) is 103 Å². The molecular formula is C41H53FN2O9S. The Bertz CT molecular complexity index is 1800. The van der Waals surface area contributed by atoms with Gasteiger partial charge in [0.2, 0.25) is 15.9 Å². The van der Waals surface area contributed by atoms with Crippen molar-refractivity contribution >= 4 is 33.6 Å². The number of amides is 1. The number of hydrogen-bond donors (Lipinski definition) is 1. The van der Waals surface area contributed by atoms with Gasteiger partial charge in [0.15, 0.2) is 11.4 Å². The van der Waals surface area contributed by atoms with Crippen LogP contribution in [-0.2, 0) is 56.2 Å².